The average Bonchev–Trinajstić information content (AvgIpc) is 2.86. The second-order valence-corrected chi connectivity index (χ2v) is 9.21. The molecule has 1 heterocycles. The molecular weight excluding hydrogens is 468 g/mol. The predicted molar refractivity (Wildman–Crippen MR) is 137 cm³/mol. The maximum atomic E-state index is 13.5. The first-order chi connectivity index (χ1) is 16.5. The van der Waals surface area contributed by atoms with E-state index in [1.807, 2.05) is 36.4 Å². The van der Waals surface area contributed by atoms with E-state index >= 15 is 0 Å². The third kappa shape index (κ3) is 4.84. The first kappa shape index (κ1) is 23.6. The fraction of sp³-hybridized carbons (Fsp3) is 0.154. The summed E-state index contributed by atoms with van der Waals surface area (Å²) >= 11 is 7.62. The molecule has 0 aliphatic carbocycles. The number of carbonyl (C=O) groups excluding carboxylic acids is 1. The Balaban J connectivity index is 1.77. The lowest BCUT2D eigenvalue weighted by molar-refractivity contribution is -0.117. The Morgan fingerprint density at radius 2 is 1.76 bits per heavy atom. The Kier molecular flexibility index (Phi) is 7.31. The van der Waals surface area contributed by atoms with Crippen molar-refractivity contribution in [2.75, 3.05) is 11.4 Å². The molecule has 8 heteroatoms. The number of fused-ring (bicyclic) bond motifs is 1. The Morgan fingerprint density at radius 1 is 1.09 bits per heavy atom. The van der Waals surface area contributed by atoms with E-state index in [1.54, 1.807) is 54.3 Å². The van der Waals surface area contributed by atoms with Crippen molar-refractivity contribution >= 4 is 45.9 Å². The first-order valence-electron chi connectivity index (χ1n) is 10.7. The molecule has 0 fully saturated rings. The smallest absolute Gasteiger partial charge is 0.266 e. The first-order valence-corrected chi connectivity index (χ1v) is 11.9. The number of nitriles is 1. The minimum absolute atomic E-state index is 0.181. The Morgan fingerprint density at radius 3 is 2.50 bits per heavy atom. The van der Waals surface area contributed by atoms with Crippen LogP contribution in [0.5, 0.6) is 0 Å². The number of rotatable bonds is 7. The van der Waals surface area contributed by atoms with Crippen LogP contribution in [0, 0.1) is 11.3 Å². The topological polar surface area (TPSA) is 79.0 Å². The molecule has 1 aromatic heterocycles. The number of aromatic nitrogens is 2. The van der Waals surface area contributed by atoms with E-state index in [4.69, 9.17) is 21.8 Å². The zero-order chi connectivity index (χ0) is 24.1. The van der Waals surface area contributed by atoms with Gasteiger partial charge in [0.05, 0.1) is 39.4 Å². The van der Waals surface area contributed by atoms with E-state index in [0.717, 1.165) is 0 Å². The van der Waals surface area contributed by atoms with Crippen LogP contribution in [0.2, 0.25) is 5.02 Å². The van der Waals surface area contributed by atoms with Crippen LogP contribution in [-0.4, -0.2) is 27.3 Å². The van der Waals surface area contributed by atoms with Crippen LogP contribution in [0.25, 0.3) is 16.6 Å². The van der Waals surface area contributed by atoms with Crippen LogP contribution < -0.4 is 10.5 Å². The molecule has 3 aromatic carbocycles. The fourth-order valence-corrected chi connectivity index (χ4v) is 4.80. The second-order valence-electron chi connectivity index (χ2n) is 7.50. The van der Waals surface area contributed by atoms with Gasteiger partial charge in [-0.05, 0) is 43.3 Å². The van der Waals surface area contributed by atoms with Crippen molar-refractivity contribution in [3.05, 3.63) is 94.2 Å². The fourth-order valence-electron chi connectivity index (χ4n) is 3.60. The molecular formula is C26H21ClN4O2S. The summed E-state index contributed by atoms with van der Waals surface area (Å²) in [4.78, 5) is 33.3. The largest absolute Gasteiger partial charge is 0.310 e. The van der Waals surface area contributed by atoms with Gasteiger partial charge in [0.15, 0.2) is 5.16 Å². The molecule has 4 rings (SSSR count). The molecule has 0 spiro atoms. The van der Waals surface area contributed by atoms with E-state index in [1.165, 1.54) is 16.3 Å². The number of nitrogens with zero attached hydrogens (tertiary/aromatic N) is 4. The Hall–Kier alpha value is -3.60. The van der Waals surface area contributed by atoms with Gasteiger partial charge in [0.1, 0.15) is 0 Å². The van der Waals surface area contributed by atoms with Crippen LogP contribution in [0.3, 0.4) is 0 Å². The van der Waals surface area contributed by atoms with Gasteiger partial charge in [-0.2, -0.15) is 5.26 Å². The molecule has 0 saturated heterocycles. The van der Waals surface area contributed by atoms with Gasteiger partial charge in [-0.3, -0.25) is 14.2 Å². The van der Waals surface area contributed by atoms with Gasteiger partial charge in [0, 0.05) is 12.2 Å². The van der Waals surface area contributed by atoms with Crippen molar-refractivity contribution in [1.29, 1.82) is 5.26 Å². The standard InChI is InChI=1S/C26H21ClN4O2S/c1-18(24(32)30(17-9-16-28)19-10-3-2-4-11-19)34-26-29-22-14-7-5-12-20(22)25(33)31(26)23-15-8-6-13-21(23)27/h2-8,10-15,18H,9,17H2,1H3. The lowest BCUT2D eigenvalue weighted by Gasteiger charge is -2.25. The third-order valence-electron chi connectivity index (χ3n) is 5.25. The van der Waals surface area contributed by atoms with Crippen LogP contribution in [0.4, 0.5) is 5.69 Å². The van der Waals surface area contributed by atoms with E-state index < -0.39 is 5.25 Å². The number of hydrogen-bond donors (Lipinski definition) is 0. The van der Waals surface area contributed by atoms with Gasteiger partial charge >= 0.3 is 0 Å². The zero-order valence-corrected chi connectivity index (χ0v) is 20.0. The monoisotopic (exact) mass is 488 g/mol. The summed E-state index contributed by atoms with van der Waals surface area (Å²) in [5.74, 6) is -0.181. The number of hydrogen-bond acceptors (Lipinski definition) is 5. The minimum atomic E-state index is -0.583. The highest BCUT2D eigenvalue weighted by Gasteiger charge is 2.25. The number of amides is 1. The highest BCUT2D eigenvalue weighted by Crippen LogP contribution is 2.29. The van der Waals surface area contributed by atoms with Crippen molar-refractivity contribution in [3.8, 4) is 11.8 Å². The minimum Gasteiger partial charge on any atom is -0.310 e. The van der Waals surface area contributed by atoms with Crippen LogP contribution in [-0.2, 0) is 4.79 Å². The van der Waals surface area contributed by atoms with Crippen LogP contribution in [0.1, 0.15) is 13.3 Å². The summed E-state index contributed by atoms with van der Waals surface area (Å²) < 4.78 is 1.46. The summed E-state index contributed by atoms with van der Waals surface area (Å²) in [6.45, 7) is 2.04. The molecule has 6 nitrogen and oxygen atoms in total. The van der Waals surface area contributed by atoms with Gasteiger partial charge in [-0.1, -0.05) is 65.8 Å². The Bertz CT molecular complexity index is 1430. The van der Waals surface area contributed by atoms with Crippen molar-refractivity contribution in [2.24, 2.45) is 0 Å². The summed E-state index contributed by atoms with van der Waals surface area (Å²) in [7, 11) is 0. The average molecular weight is 489 g/mol. The zero-order valence-electron chi connectivity index (χ0n) is 18.4. The number of halogens is 1. The third-order valence-corrected chi connectivity index (χ3v) is 6.61. The van der Waals surface area contributed by atoms with E-state index in [2.05, 4.69) is 6.07 Å². The molecule has 0 aliphatic heterocycles. The summed E-state index contributed by atoms with van der Waals surface area (Å²) in [6.07, 6.45) is 0.205. The van der Waals surface area contributed by atoms with Crippen molar-refractivity contribution in [1.82, 2.24) is 9.55 Å². The number of benzene rings is 3. The molecule has 170 valence electrons. The van der Waals surface area contributed by atoms with Gasteiger partial charge in [0.2, 0.25) is 5.91 Å². The molecule has 0 saturated carbocycles. The molecule has 1 amide bonds. The van der Waals surface area contributed by atoms with E-state index in [0.29, 0.717) is 32.5 Å². The maximum Gasteiger partial charge on any atom is 0.266 e. The van der Waals surface area contributed by atoms with Gasteiger partial charge in [-0.25, -0.2) is 4.98 Å². The number of carbonyl (C=O) groups is 1. The maximum absolute atomic E-state index is 13.5. The molecule has 4 aromatic rings. The quantitative estimate of drug-likeness (QED) is 0.255. The van der Waals surface area contributed by atoms with E-state index in [9.17, 15) is 9.59 Å². The second kappa shape index (κ2) is 10.6. The predicted octanol–water partition coefficient (Wildman–Crippen LogP) is 5.47. The van der Waals surface area contributed by atoms with E-state index in [-0.39, 0.29) is 24.4 Å². The molecule has 34 heavy (non-hydrogen) atoms. The highest BCUT2D eigenvalue weighted by atomic mass is 35.5. The van der Waals surface area contributed by atoms with Crippen molar-refractivity contribution in [3.63, 3.8) is 0 Å². The van der Waals surface area contributed by atoms with Crippen molar-refractivity contribution < 1.29 is 4.79 Å². The van der Waals surface area contributed by atoms with Crippen LogP contribution >= 0.6 is 23.4 Å². The van der Waals surface area contributed by atoms with Gasteiger partial charge in [0.25, 0.3) is 5.56 Å². The van der Waals surface area contributed by atoms with Gasteiger partial charge in [-0.15, -0.1) is 0 Å². The van der Waals surface area contributed by atoms with Crippen LogP contribution in [0.15, 0.2) is 88.8 Å². The summed E-state index contributed by atoms with van der Waals surface area (Å²) in [5, 5.41) is 9.74. The molecule has 1 unspecified atom stereocenters. The normalized spacial score (nSPS) is 11.7. The van der Waals surface area contributed by atoms with Gasteiger partial charge < -0.3 is 4.90 Å². The lowest BCUT2D eigenvalue weighted by Crippen LogP contribution is -2.37. The molecule has 0 N–H and O–H groups in total. The molecule has 0 radical (unpaired) electrons. The molecule has 0 aliphatic rings. The Labute approximate surface area is 206 Å². The molecule has 1 atom stereocenters. The summed E-state index contributed by atoms with van der Waals surface area (Å²) in [5.41, 5.74) is 1.50. The number of para-hydroxylation sites is 3. The SMILES string of the molecule is CC(Sc1nc2ccccc2c(=O)n1-c1ccccc1Cl)C(=O)N(CCC#N)c1ccccc1. The summed E-state index contributed by atoms with van der Waals surface area (Å²) in [6, 6.07) is 25.5. The molecule has 0 bridgehead atoms. The number of anilines is 1. The highest BCUT2D eigenvalue weighted by molar-refractivity contribution is 8.00. The number of thioether (sulfide) groups is 1. The lowest BCUT2D eigenvalue weighted by atomic mass is 10.2. The van der Waals surface area contributed by atoms with Crippen molar-refractivity contribution in [2.45, 2.75) is 23.8 Å².